The van der Waals surface area contributed by atoms with E-state index in [0.29, 0.717) is 11.6 Å². The Morgan fingerprint density at radius 2 is 1.61 bits per heavy atom. The van der Waals surface area contributed by atoms with Crippen molar-refractivity contribution >= 4 is 23.0 Å². The van der Waals surface area contributed by atoms with Crippen LogP contribution in [0.5, 0.6) is 0 Å². The monoisotopic (exact) mass is 559 g/mol. The molecule has 2 fully saturated rings. The topological polar surface area (TPSA) is 62.6 Å². The van der Waals surface area contributed by atoms with E-state index < -0.39 is 22.7 Å². The highest BCUT2D eigenvalue weighted by Crippen LogP contribution is 2.48. The number of fused-ring (bicyclic) bond motifs is 1. The molecule has 1 amide bonds. The molecular weight excluding hydrogens is 527 g/mol. The number of alkyl halides is 3. The van der Waals surface area contributed by atoms with E-state index in [1.807, 2.05) is 12.1 Å². The predicted octanol–water partition coefficient (Wildman–Crippen LogP) is 5.54. The Kier molecular flexibility index (Phi) is 6.79. The lowest BCUT2D eigenvalue weighted by Crippen LogP contribution is -2.54. The number of nitrogens with zero attached hydrogens (tertiary/aromatic N) is 4. The Bertz CT molecular complexity index is 1510. The Labute approximate surface area is 238 Å². The van der Waals surface area contributed by atoms with Gasteiger partial charge in [-0.25, -0.2) is 0 Å². The van der Waals surface area contributed by atoms with Crippen molar-refractivity contribution < 1.29 is 18.0 Å². The van der Waals surface area contributed by atoms with Crippen molar-refractivity contribution in [2.24, 2.45) is 5.92 Å². The van der Waals surface area contributed by atoms with E-state index >= 15 is 0 Å². The maximum absolute atomic E-state index is 13.6. The highest BCUT2D eigenvalue weighted by molar-refractivity contribution is 6.13. The number of rotatable bonds is 5. The summed E-state index contributed by atoms with van der Waals surface area (Å²) in [6.07, 6.45) is -4.71. The van der Waals surface area contributed by atoms with Crippen LogP contribution in [0.2, 0.25) is 0 Å². The van der Waals surface area contributed by atoms with Crippen molar-refractivity contribution in [1.82, 2.24) is 10.2 Å². The van der Waals surface area contributed by atoms with Gasteiger partial charge in [-0.1, -0.05) is 18.2 Å². The summed E-state index contributed by atoms with van der Waals surface area (Å²) in [5.41, 5.74) is 2.07. The molecule has 0 aliphatic carbocycles. The van der Waals surface area contributed by atoms with Gasteiger partial charge in [0.2, 0.25) is 5.91 Å². The highest BCUT2D eigenvalue weighted by atomic mass is 19.4. The van der Waals surface area contributed by atoms with Gasteiger partial charge in [0.1, 0.15) is 0 Å². The summed E-state index contributed by atoms with van der Waals surface area (Å²) in [7, 11) is 0. The van der Waals surface area contributed by atoms with Gasteiger partial charge in [0.05, 0.1) is 28.3 Å². The summed E-state index contributed by atoms with van der Waals surface area (Å²) in [5.74, 6) is 0.376. The fourth-order valence-corrected chi connectivity index (χ4v) is 6.19. The first-order valence-corrected chi connectivity index (χ1v) is 13.9. The molecule has 0 aromatic heterocycles. The van der Waals surface area contributed by atoms with Gasteiger partial charge in [-0.15, -0.1) is 0 Å². The van der Waals surface area contributed by atoms with Gasteiger partial charge in [-0.2, -0.15) is 18.4 Å². The third kappa shape index (κ3) is 4.96. The van der Waals surface area contributed by atoms with Crippen molar-refractivity contribution in [3.8, 4) is 17.2 Å². The second-order valence-corrected chi connectivity index (χ2v) is 11.7. The molecule has 3 aliphatic rings. The summed E-state index contributed by atoms with van der Waals surface area (Å²) in [6.45, 7) is 11.2. The first-order valence-electron chi connectivity index (χ1n) is 13.9. The Balaban J connectivity index is 1.22. The van der Waals surface area contributed by atoms with E-state index in [0.717, 1.165) is 74.6 Å². The third-order valence-corrected chi connectivity index (χ3v) is 8.58. The lowest BCUT2D eigenvalue weighted by atomic mass is 9.84. The zero-order chi connectivity index (χ0) is 28.9. The Morgan fingerprint density at radius 3 is 2.27 bits per heavy atom. The number of anilines is 3. The third-order valence-electron chi connectivity index (χ3n) is 8.58. The smallest absolute Gasteiger partial charge is 0.371 e. The molecule has 0 bridgehead atoms. The van der Waals surface area contributed by atoms with E-state index in [1.165, 1.54) is 16.7 Å². The van der Waals surface area contributed by atoms with Gasteiger partial charge >= 0.3 is 6.18 Å². The van der Waals surface area contributed by atoms with Gasteiger partial charge in [-0.3, -0.25) is 9.69 Å². The van der Waals surface area contributed by atoms with Crippen LogP contribution in [0.1, 0.15) is 30.5 Å². The minimum Gasteiger partial charge on any atom is -0.371 e. The molecule has 3 heterocycles. The van der Waals surface area contributed by atoms with Crippen LogP contribution in [0.4, 0.5) is 30.2 Å². The zero-order valence-corrected chi connectivity index (χ0v) is 23.1. The van der Waals surface area contributed by atoms with Gasteiger partial charge in [0.15, 0.2) is 0 Å². The van der Waals surface area contributed by atoms with Gasteiger partial charge in [0.25, 0.3) is 0 Å². The van der Waals surface area contributed by atoms with Crippen molar-refractivity contribution in [1.29, 1.82) is 5.26 Å². The van der Waals surface area contributed by atoms with E-state index in [1.54, 1.807) is 26.0 Å². The van der Waals surface area contributed by atoms with Gasteiger partial charge in [0, 0.05) is 63.1 Å². The predicted molar refractivity (Wildman–Crippen MR) is 153 cm³/mol. The first-order chi connectivity index (χ1) is 19.6. The van der Waals surface area contributed by atoms with Crippen LogP contribution in [0, 0.1) is 17.2 Å². The minimum absolute atomic E-state index is 0.0926. The van der Waals surface area contributed by atoms with Crippen LogP contribution in [0.3, 0.4) is 0 Å². The van der Waals surface area contributed by atoms with E-state index in [9.17, 15) is 18.0 Å². The first kappa shape index (κ1) is 27.3. The molecule has 3 aliphatic heterocycles. The van der Waals surface area contributed by atoms with Gasteiger partial charge < -0.3 is 15.1 Å². The number of piperazine rings is 1. The number of halogens is 3. The summed E-state index contributed by atoms with van der Waals surface area (Å²) in [5, 5.41) is 12.6. The number of carbonyl (C=O) groups is 1. The summed E-state index contributed by atoms with van der Waals surface area (Å²) in [6, 6.07) is 19.1. The molecule has 3 aromatic carbocycles. The quantitative estimate of drug-likeness (QED) is 0.445. The Morgan fingerprint density at radius 1 is 0.951 bits per heavy atom. The van der Waals surface area contributed by atoms with Crippen LogP contribution in [0.15, 0.2) is 60.7 Å². The molecule has 0 spiro atoms. The molecule has 41 heavy (non-hydrogen) atoms. The SMILES string of the molecule is CC1(C)C(=O)N(c2ccc(C#N)c(C(F)(F)F)c2)c2ccc(-c3ccc(N4CC(CN5CCNCC5)C4)cc3)cc21. The molecular formula is C32H32F3N5O. The molecule has 0 atom stereocenters. The van der Waals surface area contributed by atoms with E-state index in [2.05, 4.69) is 39.4 Å². The van der Waals surface area contributed by atoms with E-state index in [-0.39, 0.29) is 11.6 Å². The summed E-state index contributed by atoms with van der Waals surface area (Å²) >= 11 is 0. The van der Waals surface area contributed by atoms with E-state index in [4.69, 9.17) is 5.26 Å². The average Bonchev–Trinajstić information content (AvgIpc) is 3.14. The molecule has 6 nitrogen and oxygen atoms in total. The number of nitriles is 1. The van der Waals surface area contributed by atoms with Crippen molar-refractivity contribution in [3.05, 3.63) is 77.4 Å². The lowest BCUT2D eigenvalue weighted by Gasteiger charge is -2.44. The molecule has 212 valence electrons. The molecule has 0 radical (unpaired) electrons. The fourth-order valence-electron chi connectivity index (χ4n) is 6.19. The molecule has 0 saturated carbocycles. The van der Waals surface area contributed by atoms with Gasteiger partial charge in [-0.05, 0) is 73.0 Å². The minimum atomic E-state index is -4.71. The van der Waals surface area contributed by atoms with Crippen LogP contribution in [-0.4, -0.2) is 56.6 Å². The summed E-state index contributed by atoms with van der Waals surface area (Å²) in [4.78, 5) is 19.8. The molecule has 6 rings (SSSR count). The summed E-state index contributed by atoms with van der Waals surface area (Å²) < 4.78 is 40.9. The zero-order valence-electron chi connectivity index (χ0n) is 23.1. The number of benzene rings is 3. The van der Waals surface area contributed by atoms with Crippen LogP contribution < -0.4 is 15.1 Å². The molecule has 2 saturated heterocycles. The normalized spacial score (nSPS) is 19.2. The van der Waals surface area contributed by atoms with Crippen LogP contribution >= 0.6 is 0 Å². The number of hydrogen-bond donors (Lipinski definition) is 1. The highest BCUT2D eigenvalue weighted by Gasteiger charge is 2.45. The second-order valence-electron chi connectivity index (χ2n) is 11.7. The average molecular weight is 560 g/mol. The van der Waals surface area contributed by atoms with Crippen molar-refractivity contribution in [2.75, 3.05) is 55.6 Å². The standard InChI is InChI=1S/C32H32F3N5O/c1-31(2)28-15-23(22-3-7-25(8-4-22)39-19-21(20-39)18-38-13-11-37-12-14-38)6-10-29(28)40(30(31)41)26-9-5-24(17-36)27(16-26)32(33,34)35/h3-10,15-16,21,37H,11-14,18-20H2,1-2H3. The number of carbonyl (C=O) groups excluding carboxylic acids is 1. The maximum Gasteiger partial charge on any atom is 0.417 e. The van der Waals surface area contributed by atoms with Crippen LogP contribution in [0.25, 0.3) is 11.1 Å². The molecule has 9 heteroatoms. The maximum atomic E-state index is 13.6. The molecule has 0 unspecified atom stereocenters. The van der Waals surface area contributed by atoms with Crippen molar-refractivity contribution in [2.45, 2.75) is 25.4 Å². The molecule has 3 aromatic rings. The molecule has 1 N–H and O–H groups in total. The lowest BCUT2D eigenvalue weighted by molar-refractivity contribution is -0.137. The Hall–Kier alpha value is -3.87. The fraction of sp³-hybridized carbons (Fsp3) is 0.375. The van der Waals surface area contributed by atoms with Crippen LogP contribution in [-0.2, 0) is 16.4 Å². The van der Waals surface area contributed by atoms with Crippen molar-refractivity contribution in [3.63, 3.8) is 0 Å². The number of nitrogens with one attached hydrogen (secondary N) is 1. The largest absolute Gasteiger partial charge is 0.417 e. The second kappa shape index (κ2) is 10.2. The number of amides is 1. The number of hydrogen-bond acceptors (Lipinski definition) is 5.